The van der Waals surface area contributed by atoms with Crippen LogP contribution >= 0.6 is 11.6 Å². The molecule has 1 aliphatic carbocycles. The zero-order valence-corrected chi connectivity index (χ0v) is 25.0. The molecule has 0 bridgehead atoms. The van der Waals surface area contributed by atoms with Gasteiger partial charge in [-0.2, -0.15) is 0 Å². The first kappa shape index (κ1) is 29.3. The summed E-state index contributed by atoms with van der Waals surface area (Å²) in [5.41, 5.74) is 5.43. The molecule has 3 aliphatic rings. The molecule has 1 N–H and O–H groups in total. The maximum absolute atomic E-state index is 12.9. The molecule has 2 fully saturated rings. The molecule has 12 heteroatoms. The summed E-state index contributed by atoms with van der Waals surface area (Å²) >= 11 is 6.63. The molecule has 2 aliphatic heterocycles. The van der Waals surface area contributed by atoms with Gasteiger partial charge >= 0.3 is 6.09 Å². The summed E-state index contributed by atoms with van der Waals surface area (Å²) in [6.45, 7) is 3.31. The van der Waals surface area contributed by atoms with E-state index in [0.717, 1.165) is 40.1 Å². The van der Waals surface area contributed by atoms with E-state index in [0.29, 0.717) is 44.4 Å². The topological polar surface area (TPSA) is 111 Å². The minimum Gasteiger partial charge on any atom is -0.444 e. The summed E-state index contributed by atoms with van der Waals surface area (Å²) < 4.78 is 18.1. The Kier molecular flexibility index (Phi) is 8.75. The second-order valence-corrected chi connectivity index (χ2v) is 11.4. The van der Waals surface area contributed by atoms with Crippen LogP contribution in [0.3, 0.4) is 0 Å². The highest BCUT2D eigenvalue weighted by Gasteiger charge is 2.36. The number of aryl methyl sites for hydroxylation is 1. The highest BCUT2D eigenvalue weighted by atomic mass is 35.5. The van der Waals surface area contributed by atoms with E-state index in [-0.39, 0.29) is 30.8 Å². The van der Waals surface area contributed by atoms with E-state index in [1.54, 1.807) is 23.6 Å². The minimum absolute atomic E-state index is 0.0781. The van der Waals surface area contributed by atoms with E-state index < -0.39 is 6.04 Å². The van der Waals surface area contributed by atoms with Crippen molar-refractivity contribution in [2.75, 3.05) is 53.1 Å². The maximum Gasteiger partial charge on any atom is 0.410 e. The van der Waals surface area contributed by atoms with Gasteiger partial charge in [0.1, 0.15) is 12.7 Å². The van der Waals surface area contributed by atoms with Crippen LogP contribution in [0.25, 0.3) is 11.6 Å². The van der Waals surface area contributed by atoms with Gasteiger partial charge in [-0.05, 0) is 46.5 Å². The Hall–Kier alpha value is -3.77. The zero-order chi connectivity index (χ0) is 29.9. The summed E-state index contributed by atoms with van der Waals surface area (Å²) in [4.78, 5) is 39.1. The Morgan fingerprint density at radius 2 is 2.05 bits per heavy atom. The van der Waals surface area contributed by atoms with Gasteiger partial charge < -0.3 is 29.0 Å². The number of amides is 2. The van der Waals surface area contributed by atoms with Gasteiger partial charge in [0.2, 0.25) is 5.91 Å². The molecule has 226 valence electrons. The number of nitrogens with one attached hydrogen (secondary N) is 1. The highest BCUT2D eigenvalue weighted by molar-refractivity contribution is 6.30. The molecule has 4 heterocycles. The molecule has 2 aromatic heterocycles. The van der Waals surface area contributed by atoms with Crippen LogP contribution in [0.4, 0.5) is 4.79 Å². The quantitative estimate of drug-likeness (QED) is 0.435. The van der Waals surface area contributed by atoms with Crippen molar-refractivity contribution in [1.29, 1.82) is 0 Å². The average molecular weight is 607 g/mol. The Morgan fingerprint density at radius 3 is 2.77 bits per heavy atom. The van der Waals surface area contributed by atoms with Crippen LogP contribution in [0.2, 0.25) is 5.02 Å². The van der Waals surface area contributed by atoms with Crippen LogP contribution in [-0.4, -0.2) is 95.5 Å². The number of imidazole rings is 1. The van der Waals surface area contributed by atoms with Crippen LogP contribution in [0, 0.1) is 0 Å². The lowest BCUT2D eigenvalue weighted by atomic mass is 9.89. The van der Waals surface area contributed by atoms with E-state index in [9.17, 15) is 9.59 Å². The van der Waals surface area contributed by atoms with Gasteiger partial charge in [-0.25, -0.2) is 9.78 Å². The van der Waals surface area contributed by atoms with Crippen molar-refractivity contribution in [1.82, 2.24) is 29.7 Å². The van der Waals surface area contributed by atoms with Crippen molar-refractivity contribution in [2.24, 2.45) is 7.05 Å². The summed E-state index contributed by atoms with van der Waals surface area (Å²) in [5, 5.41) is 3.74. The molecular formula is C31H35ClN6O5. The van der Waals surface area contributed by atoms with E-state index in [2.05, 4.69) is 21.3 Å². The molecule has 6 rings (SSSR count). The predicted octanol–water partition coefficient (Wildman–Crippen LogP) is 3.46. The van der Waals surface area contributed by atoms with Gasteiger partial charge in [0.25, 0.3) is 0 Å². The minimum atomic E-state index is -0.537. The van der Waals surface area contributed by atoms with Crippen molar-refractivity contribution in [3.05, 3.63) is 82.2 Å². The van der Waals surface area contributed by atoms with Crippen LogP contribution in [0.1, 0.15) is 46.6 Å². The third-order valence-corrected chi connectivity index (χ3v) is 8.43. The molecule has 43 heavy (non-hydrogen) atoms. The van der Waals surface area contributed by atoms with Crippen LogP contribution < -0.4 is 5.32 Å². The fourth-order valence-corrected chi connectivity index (χ4v) is 6.25. The van der Waals surface area contributed by atoms with E-state index >= 15 is 0 Å². The Balaban J connectivity index is 1.37. The average Bonchev–Trinajstić information content (AvgIpc) is 3.65. The second-order valence-electron chi connectivity index (χ2n) is 11.0. The third-order valence-electron chi connectivity index (χ3n) is 8.20. The van der Waals surface area contributed by atoms with Crippen molar-refractivity contribution in [2.45, 2.75) is 24.6 Å². The summed E-state index contributed by atoms with van der Waals surface area (Å²) in [7, 11) is 3.39. The lowest BCUT2D eigenvalue weighted by Gasteiger charge is -2.39. The maximum atomic E-state index is 12.9. The van der Waals surface area contributed by atoms with Gasteiger partial charge in [0, 0.05) is 58.0 Å². The zero-order valence-electron chi connectivity index (χ0n) is 24.2. The number of aromatic nitrogens is 3. The number of methoxy groups -OCH3 is 1. The Labute approximate surface area is 255 Å². The molecule has 3 aromatic rings. The number of piperazine rings is 1. The lowest BCUT2D eigenvalue weighted by Crippen LogP contribution is -2.50. The largest absolute Gasteiger partial charge is 0.444 e. The van der Waals surface area contributed by atoms with Gasteiger partial charge in [0.15, 0.2) is 0 Å². The molecular weight excluding hydrogens is 572 g/mol. The van der Waals surface area contributed by atoms with Crippen LogP contribution in [0.15, 0.2) is 49.1 Å². The molecule has 0 spiro atoms. The Morgan fingerprint density at radius 1 is 1.21 bits per heavy atom. The van der Waals surface area contributed by atoms with Crippen LogP contribution in [0.5, 0.6) is 0 Å². The number of hydrogen-bond acceptors (Lipinski definition) is 8. The molecule has 3 atom stereocenters. The molecule has 0 radical (unpaired) electrons. The number of ether oxygens (including phenoxy) is 3. The molecule has 1 aromatic carbocycles. The Bertz CT molecular complexity index is 1510. The van der Waals surface area contributed by atoms with Gasteiger partial charge in [-0.1, -0.05) is 23.7 Å². The summed E-state index contributed by atoms with van der Waals surface area (Å²) in [6.07, 6.45) is 7.61. The molecule has 0 saturated carbocycles. The number of halogens is 1. The number of pyridine rings is 1. The smallest absolute Gasteiger partial charge is 0.410 e. The lowest BCUT2D eigenvalue weighted by molar-refractivity contribution is -0.125. The number of benzene rings is 1. The van der Waals surface area contributed by atoms with E-state index in [1.165, 1.54) is 7.11 Å². The molecule has 2 amide bonds. The van der Waals surface area contributed by atoms with Crippen LogP contribution in [-0.2, 0) is 26.1 Å². The van der Waals surface area contributed by atoms with Crippen molar-refractivity contribution < 1.29 is 23.8 Å². The monoisotopic (exact) mass is 606 g/mol. The summed E-state index contributed by atoms with van der Waals surface area (Å²) in [6, 6.07) is 9.08. The van der Waals surface area contributed by atoms with Gasteiger partial charge in [-0.3, -0.25) is 14.7 Å². The number of rotatable bonds is 7. The highest BCUT2D eigenvalue weighted by Crippen LogP contribution is 2.44. The van der Waals surface area contributed by atoms with E-state index in [1.807, 2.05) is 41.9 Å². The SMILES string of the molecule is COCC(=O)N[C@H](C1=Cc2cccnc2[C@@H](N2CCN(C(=O)O[C@H]3CCOC3)CC2)c2ccc(Cl)cc21)c1cncn1C. The normalized spacial score (nSPS) is 20.9. The number of nitrogens with zero attached hydrogens (tertiary/aromatic N) is 5. The molecule has 2 saturated heterocycles. The fourth-order valence-electron chi connectivity index (χ4n) is 6.07. The van der Waals surface area contributed by atoms with Gasteiger partial charge in [-0.15, -0.1) is 0 Å². The predicted molar refractivity (Wildman–Crippen MR) is 160 cm³/mol. The molecule has 11 nitrogen and oxygen atoms in total. The first-order valence-electron chi connectivity index (χ1n) is 14.4. The van der Waals surface area contributed by atoms with Crippen molar-refractivity contribution >= 4 is 35.3 Å². The van der Waals surface area contributed by atoms with Gasteiger partial charge in [0.05, 0.1) is 49.2 Å². The first-order chi connectivity index (χ1) is 20.9. The second kappa shape index (κ2) is 12.8. The number of carbonyl (C=O) groups is 2. The fraction of sp³-hybridized carbons (Fsp3) is 0.419. The van der Waals surface area contributed by atoms with E-state index in [4.69, 9.17) is 30.8 Å². The summed E-state index contributed by atoms with van der Waals surface area (Å²) in [5.74, 6) is -0.252. The number of fused-ring (bicyclic) bond motifs is 2. The van der Waals surface area contributed by atoms with Crippen molar-refractivity contribution in [3.8, 4) is 0 Å². The third kappa shape index (κ3) is 6.16. The standard InChI is InChI=1S/C31H35ClN6O5/c1-36-19-33-16-26(36)29(35-27(39)18-41-2)25-14-20-4-3-8-34-28(20)30(23-6-5-21(32)15-24(23)25)37-9-11-38(12-10-37)31(40)43-22-7-13-42-17-22/h3-6,8,14-16,19,22,29-30H,7,9-13,17-18H2,1-2H3,(H,35,39)/t22-,29+,30-/m0/s1. The molecule has 0 unspecified atom stereocenters. The number of carbonyl (C=O) groups excluding carboxylic acids is 2. The first-order valence-corrected chi connectivity index (χ1v) is 14.8. The number of hydrogen-bond donors (Lipinski definition) is 1. The van der Waals surface area contributed by atoms with Crippen molar-refractivity contribution in [3.63, 3.8) is 0 Å².